The number of thiophene rings is 1. The molecule has 0 spiro atoms. The van der Waals surface area contributed by atoms with Crippen molar-refractivity contribution in [2.24, 2.45) is 0 Å². The number of thiocarbonyl (C=S) groups is 1. The third-order valence-corrected chi connectivity index (χ3v) is 6.25. The van der Waals surface area contributed by atoms with Gasteiger partial charge in [0, 0.05) is 21.7 Å². The minimum absolute atomic E-state index is 0.400. The van der Waals surface area contributed by atoms with Crippen molar-refractivity contribution in [3.8, 4) is 22.3 Å². The number of carbonyl (C=O) groups is 1. The molecule has 1 aromatic heterocycles. The van der Waals surface area contributed by atoms with Gasteiger partial charge in [-0.05, 0) is 36.3 Å². The Labute approximate surface area is 196 Å². The van der Waals surface area contributed by atoms with Crippen LogP contribution in [0, 0.1) is 6.92 Å². The van der Waals surface area contributed by atoms with Crippen LogP contribution >= 0.6 is 23.6 Å². The standard InChI is InChI=1S/C26H22N2O2S2/c1-17-22(19-13-7-4-8-14-19)23(25(29)30-2)24(32-17)28-26(31)27-21-16-10-9-15-20(21)18-11-5-3-6-12-18/h3-16H,1-2H3,(H2,27,28,31). The predicted molar refractivity (Wildman–Crippen MR) is 138 cm³/mol. The van der Waals surface area contributed by atoms with E-state index in [4.69, 9.17) is 17.0 Å². The van der Waals surface area contributed by atoms with Gasteiger partial charge in [-0.3, -0.25) is 0 Å². The summed E-state index contributed by atoms with van der Waals surface area (Å²) in [5.74, 6) is -0.400. The van der Waals surface area contributed by atoms with Crippen LogP contribution in [0.1, 0.15) is 15.2 Å². The molecule has 0 fully saturated rings. The first-order valence-corrected chi connectivity index (χ1v) is 11.3. The van der Waals surface area contributed by atoms with Gasteiger partial charge in [0.1, 0.15) is 10.6 Å². The van der Waals surface area contributed by atoms with E-state index in [-0.39, 0.29) is 0 Å². The van der Waals surface area contributed by atoms with Crippen molar-refractivity contribution in [3.63, 3.8) is 0 Å². The van der Waals surface area contributed by atoms with Crippen LogP contribution in [-0.4, -0.2) is 18.2 Å². The number of para-hydroxylation sites is 1. The zero-order valence-electron chi connectivity index (χ0n) is 17.7. The molecule has 4 aromatic rings. The van der Waals surface area contributed by atoms with E-state index >= 15 is 0 Å². The van der Waals surface area contributed by atoms with E-state index in [1.165, 1.54) is 18.4 Å². The van der Waals surface area contributed by atoms with Gasteiger partial charge in [0.15, 0.2) is 5.11 Å². The lowest BCUT2D eigenvalue weighted by Gasteiger charge is -2.14. The van der Waals surface area contributed by atoms with Gasteiger partial charge in [-0.25, -0.2) is 4.79 Å². The number of hydrogen-bond acceptors (Lipinski definition) is 4. The first-order valence-electron chi connectivity index (χ1n) is 10.1. The lowest BCUT2D eigenvalue weighted by molar-refractivity contribution is 0.0603. The molecule has 1 heterocycles. The van der Waals surface area contributed by atoms with Crippen molar-refractivity contribution in [2.75, 3.05) is 17.7 Å². The number of rotatable bonds is 5. The monoisotopic (exact) mass is 458 g/mol. The van der Waals surface area contributed by atoms with E-state index in [9.17, 15) is 4.79 Å². The Morgan fingerprint density at radius 2 is 1.44 bits per heavy atom. The van der Waals surface area contributed by atoms with Gasteiger partial charge < -0.3 is 15.4 Å². The fourth-order valence-corrected chi connectivity index (χ4v) is 4.95. The van der Waals surface area contributed by atoms with E-state index in [2.05, 4.69) is 22.8 Å². The minimum Gasteiger partial charge on any atom is -0.465 e. The summed E-state index contributed by atoms with van der Waals surface area (Å²) in [6.45, 7) is 1.99. The molecule has 0 aliphatic rings. The van der Waals surface area contributed by atoms with Crippen LogP contribution in [0.25, 0.3) is 22.3 Å². The fourth-order valence-electron chi connectivity index (χ4n) is 3.60. The summed E-state index contributed by atoms with van der Waals surface area (Å²) >= 11 is 7.09. The van der Waals surface area contributed by atoms with E-state index in [1.54, 1.807) is 0 Å². The lowest BCUT2D eigenvalue weighted by Crippen LogP contribution is -2.20. The minimum atomic E-state index is -0.400. The summed E-state index contributed by atoms with van der Waals surface area (Å²) in [6.07, 6.45) is 0. The quantitative estimate of drug-likeness (QED) is 0.249. The highest BCUT2D eigenvalue weighted by Crippen LogP contribution is 2.40. The second-order valence-corrected chi connectivity index (χ2v) is 8.72. The number of benzene rings is 3. The molecule has 4 nitrogen and oxygen atoms in total. The smallest absolute Gasteiger partial charge is 0.341 e. The molecular weight excluding hydrogens is 436 g/mol. The van der Waals surface area contributed by atoms with Gasteiger partial charge in [0.2, 0.25) is 0 Å². The van der Waals surface area contributed by atoms with Crippen LogP contribution in [0.4, 0.5) is 10.7 Å². The summed E-state index contributed by atoms with van der Waals surface area (Å²) in [5, 5.41) is 7.56. The summed E-state index contributed by atoms with van der Waals surface area (Å²) in [4.78, 5) is 13.7. The Morgan fingerprint density at radius 3 is 2.09 bits per heavy atom. The number of hydrogen-bond donors (Lipinski definition) is 2. The van der Waals surface area contributed by atoms with Crippen molar-refractivity contribution in [1.29, 1.82) is 0 Å². The van der Waals surface area contributed by atoms with E-state index < -0.39 is 5.97 Å². The molecule has 6 heteroatoms. The summed E-state index contributed by atoms with van der Waals surface area (Å²) in [6, 6.07) is 27.9. The van der Waals surface area contributed by atoms with Gasteiger partial charge in [0.25, 0.3) is 0 Å². The highest BCUT2D eigenvalue weighted by molar-refractivity contribution is 7.80. The van der Waals surface area contributed by atoms with Crippen LogP contribution in [0.3, 0.4) is 0 Å². The number of methoxy groups -OCH3 is 1. The summed E-state index contributed by atoms with van der Waals surface area (Å²) in [7, 11) is 1.39. The molecule has 0 aliphatic carbocycles. The van der Waals surface area contributed by atoms with Gasteiger partial charge in [-0.2, -0.15) is 0 Å². The zero-order chi connectivity index (χ0) is 22.5. The second-order valence-electron chi connectivity index (χ2n) is 7.09. The van der Waals surface area contributed by atoms with Crippen molar-refractivity contribution < 1.29 is 9.53 Å². The summed E-state index contributed by atoms with van der Waals surface area (Å²) in [5.41, 5.74) is 5.32. The highest BCUT2D eigenvalue weighted by atomic mass is 32.1. The second kappa shape index (κ2) is 9.77. The Morgan fingerprint density at radius 1 is 0.844 bits per heavy atom. The Kier molecular flexibility index (Phi) is 6.63. The molecule has 0 aliphatic heterocycles. The fraction of sp³-hybridized carbons (Fsp3) is 0.0769. The number of carbonyl (C=O) groups excluding carboxylic acids is 1. The Balaban J connectivity index is 1.65. The Hall–Kier alpha value is -3.48. The van der Waals surface area contributed by atoms with Gasteiger partial charge in [-0.15, -0.1) is 11.3 Å². The van der Waals surface area contributed by atoms with Gasteiger partial charge >= 0.3 is 5.97 Å². The highest BCUT2D eigenvalue weighted by Gasteiger charge is 2.24. The van der Waals surface area contributed by atoms with E-state index in [0.717, 1.165) is 32.8 Å². The molecule has 0 saturated heterocycles. The van der Waals surface area contributed by atoms with E-state index in [1.807, 2.05) is 79.7 Å². The van der Waals surface area contributed by atoms with Gasteiger partial charge in [0.05, 0.1) is 7.11 Å². The first kappa shape index (κ1) is 21.7. The van der Waals surface area contributed by atoms with E-state index in [0.29, 0.717) is 15.7 Å². The first-order chi connectivity index (χ1) is 15.6. The normalized spacial score (nSPS) is 10.4. The van der Waals surface area contributed by atoms with Crippen molar-refractivity contribution >= 4 is 45.3 Å². The number of esters is 1. The van der Waals surface area contributed by atoms with Crippen LogP contribution in [0.5, 0.6) is 0 Å². The van der Waals surface area contributed by atoms with Crippen LogP contribution in [-0.2, 0) is 4.74 Å². The molecule has 0 bridgehead atoms. The predicted octanol–water partition coefficient (Wildman–Crippen LogP) is 6.99. The third kappa shape index (κ3) is 4.56. The molecule has 32 heavy (non-hydrogen) atoms. The third-order valence-electron chi connectivity index (χ3n) is 5.02. The number of nitrogens with one attached hydrogen (secondary N) is 2. The van der Waals surface area contributed by atoms with Crippen molar-refractivity contribution in [2.45, 2.75) is 6.92 Å². The molecule has 2 N–H and O–H groups in total. The Bertz CT molecular complexity index is 1250. The molecule has 0 atom stereocenters. The molecular formula is C26H22N2O2S2. The molecule has 0 unspecified atom stereocenters. The van der Waals surface area contributed by atoms with Crippen molar-refractivity contribution in [3.05, 3.63) is 95.4 Å². The number of ether oxygens (including phenoxy) is 1. The van der Waals surface area contributed by atoms with Crippen LogP contribution < -0.4 is 10.6 Å². The topological polar surface area (TPSA) is 50.4 Å². The molecule has 0 radical (unpaired) electrons. The molecule has 3 aromatic carbocycles. The molecule has 0 amide bonds. The molecule has 4 rings (SSSR count). The SMILES string of the molecule is COC(=O)c1c(NC(=S)Nc2ccccc2-c2ccccc2)sc(C)c1-c1ccccc1. The lowest BCUT2D eigenvalue weighted by atomic mass is 10.0. The van der Waals surface area contributed by atoms with Crippen LogP contribution in [0.15, 0.2) is 84.9 Å². The van der Waals surface area contributed by atoms with Crippen LogP contribution in [0.2, 0.25) is 0 Å². The average molecular weight is 459 g/mol. The zero-order valence-corrected chi connectivity index (χ0v) is 19.3. The number of aryl methyl sites for hydroxylation is 1. The maximum absolute atomic E-state index is 12.7. The summed E-state index contributed by atoms with van der Waals surface area (Å²) < 4.78 is 5.09. The molecule has 0 saturated carbocycles. The van der Waals surface area contributed by atoms with Gasteiger partial charge in [-0.1, -0.05) is 78.9 Å². The maximum Gasteiger partial charge on any atom is 0.341 e. The average Bonchev–Trinajstić information content (AvgIpc) is 3.15. The largest absolute Gasteiger partial charge is 0.465 e. The number of anilines is 2. The van der Waals surface area contributed by atoms with Crippen molar-refractivity contribution in [1.82, 2.24) is 0 Å². The molecule has 160 valence electrons. The maximum atomic E-state index is 12.7.